The molecule has 1 saturated heterocycles. The van der Waals surface area contributed by atoms with E-state index in [-0.39, 0.29) is 11.9 Å². The van der Waals surface area contributed by atoms with E-state index in [0.29, 0.717) is 17.4 Å². The molecule has 4 heteroatoms. The Morgan fingerprint density at radius 3 is 2.90 bits per heavy atom. The highest BCUT2D eigenvalue weighted by Gasteiger charge is 2.23. The summed E-state index contributed by atoms with van der Waals surface area (Å²) in [6.45, 7) is 4.05. The number of nitrogens with zero attached hydrogens (tertiary/aromatic N) is 1. The molecule has 0 radical (unpaired) electrons. The minimum absolute atomic E-state index is 0.00474. The van der Waals surface area contributed by atoms with Gasteiger partial charge in [-0.2, -0.15) is 0 Å². The summed E-state index contributed by atoms with van der Waals surface area (Å²) in [6.07, 6.45) is 3.74. The van der Waals surface area contributed by atoms with Gasteiger partial charge >= 0.3 is 0 Å². The minimum Gasteiger partial charge on any atom is -0.496 e. The van der Waals surface area contributed by atoms with Gasteiger partial charge in [0.1, 0.15) is 11.6 Å². The van der Waals surface area contributed by atoms with Crippen LogP contribution in [0.2, 0.25) is 0 Å². The Bertz CT molecular complexity index is 432. The Morgan fingerprint density at radius 2 is 2.25 bits per heavy atom. The highest BCUT2D eigenvalue weighted by atomic mass is 19.1. The summed E-state index contributed by atoms with van der Waals surface area (Å²) in [4.78, 5) is 2.20. The highest BCUT2D eigenvalue weighted by molar-refractivity contribution is 5.36. The van der Waals surface area contributed by atoms with Gasteiger partial charge in [0.15, 0.2) is 0 Å². The molecule has 1 N–H and O–H groups in total. The Labute approximate surface area is 121 Å². The molecule has 1 aromatic rings. The standard InChI is InChI=1S/C16H25FN2O/c1-12(16-14(17)8-6-9-15(16)20-3)19(2)11-13-7-4-5-10-18-13/h6,8-9,12-13,18H,4-5,7,10-11H2,1-3H3. The van der Waals surface area contributed by atoms with Gasteiger partial charge in [-0.25, -0.2) is 4.39 Å². The number of rotatable bonds is 5. The summed E-state index contributed by atoms with van der Waals surface area (Å²) in [5.74, 6) is 0.432. The lowest BCUT2D eigenvalue weighted by Crippen LogP contribution is -2.43. The maximum absolute atomic E-state index is 14.1. The Kier molecular flexibility index (Phi) is 5.38. The minimum atomic E-state index is -0.194. The molecule has 1 aliphatic heterocycles. The highest BCUT2D eigenvalue weighted by Crippen LogP contribution is 2.31. The van der Waals surface area contributed by atoms with Gasteiger partial charge in [-0.05, 0) is 45.5 Å². The molecule has 0 bridgehead atoms. The van der Waals surface area contributed by atoms with Crippen LogP contribution in [-0.4, -0.2) is 38.2 Å². The van der Waals surface area contributed by atoms with Gasteiger partial charge in [0.2, 0.25) is 0 Å². The second-order valence-corrected chi connectivity index (χ2v) is 5.62. The fraction of sp³-hybridized carbons (Fsp3) is 0.625. The van der Waals surface area contributed by atoms with Crippen LogP contribution in [0.3, 0.4) is 0 Å². The molecule has 2 atom stereocenters. The van der Waals surface area contributed by atoms with Gasteiger partial charge < -0.3 is 10.1 Å². The second kappa shape index (κ2) is 7.04. The SMILES string of the molecule is COc1cccc(F)c1C(C)N(C)CC1CCCCN1. The first-order valence-electron chi connectivity index (χ1n) is 7.39. The molecule has 1 fully saturated rings. The first-order chi connectivity index (χ1) is 9.63. The van der Waals surface area contributed by atoms with Crippen LogP contribution in [-0.2, 0) is 0 Å². The number of methoxy groups -OCH3 is 1. The molecule has 1 heterocycles. The van der Waals surface area contributed by atoms with Crippen molar-refractivity contribution < 1.29 is 9.13 Å². The van der Waals surface area contributed by atoms with Gasteiger partial charge in [-0.3, -0.25) is 4.90 Å². The third-order valence-electron chi connectivity index (χ3n) is 4.23. The van der Waals surface area contributed by atoms with E-state index in [0.717, 1.165) is 13.1 Å². The largest absolute Gasteiger partial charge is 0.496 e. The number of ether oxygens (including phenoxy) is 1. The number of likely N-dealkylation sites (N-methyl/N-ethyl adjacent to an activating group) is 1. The van der Waals surface area contributed by atoms with Gasteiger partial charge in [0, 0.05) is 24.2 Å². The van der Waals surface area contributed by atoms with Gasteiger partial charge in [-0.15, -0.1) is 0 Å². The summed E-state index contributed by atoms with van der Waals surface area (Å²) < 4.78 is 19.4. The van der Waals surface area contributed by atoms with E-state index in [1.165, 1.54) is 25.3 Å². The number of halogens is 1. The Morgan fingerprint density at radius 1 is 1.45 bits per heavy atom. The molecular formula is C16H25FN2O. The van der Waals surface area contributed by atoms with Crippen molar-refractivity contribution in [2.24, 2.45) is 0 Å². The second-order valence-electron chi connectivity index (χ2n) is 5.62. The predicted octanol–water partition coefficient (Wildman–Crippen LogP) is 2.97. The normalized spacial score (nSPS) is 20.9. The zero-order valence-electron chi connectivity index (χ0n) is 12.7. The van der Waals surface area contributed by atoms with E-state index in [1.54, 1.807) is 13.2 Å². The zero-order chi connectivity index (χ0) is 14.5. The van der Waals surface area contributed by atoms with Crippen LogP contribution in [0.15, 0.2) is 18.2 Å². The topological polar surface area (TPSA) is 24.5 Å². The maximum Gasteiger partial charge on any atom is 0.131 e. The number of piperidine rings is 1. The third-order valence-corrected chi connectivity index (χ3v) is 4.23. The zero-order valence-corrected chi connectivity index (χ0v) is 12.7. The molecule has 0 saturated carbocycles. The lowest BCUT2D eigenvalue weighted by molar-refractivity contribution is 0.208. The smallest absolute Gasteiger partial charge is 0.131 e. The molecular weight excluding hydrogens is 255 g/mol. The van der Waals surface area contributed by atoms with Crippen molar-refractivity contribution in [3.63, 3.8) is 0 Å². The third kappa shape index (κ3) is 3.49. The first kappa shape index (κ1) is 15.3. The number of benzene rings is 1. The summed E-state index contributed by atoms with van der Waals surface area (Å²) in [5.41, 5.74) is 0.647. The van der Waals surface area contributed by atoms with E-state index in [1.807, 2.05) is 20.0 Å². The van der Waals surface area contributed by atoms with Crippen molar-refractivity contribution in [1.29, 1.82) is 0 Å². The van der Waals surface area contributed by atoms with Gasteiger partial charge in [0.25, 0.3) is 0 Å². The average molecular weight is 280 g/mol. The monoisotopic (exact) mass is 280 g/mol. The van der Waals surface area contributed by atoms with Crippen LogP contribution >= 0.6 is 0 Å². The van der Waals surface area contributed by atoms with E-state index < -0.39 is 0 Å². The summed E-state index contributed by atoms with van der Waals surface area (Å²) in [7, 11) is 3.64. The molecule has 0 amide bonds. The van der Waals surface area contributed by atoms with Gasteiger partial charge in [0.05, 0.1) is 7.11 Å². The quantitative estimate of drug-likeness (QED) is 0.897. The summed E-state index contributed by atoms with van der Waals surface area (Å²) in [5, 5.41) is 3.53. The van der Waals surface area contributed by atoms with Crippen molar-refractivity contribution in [3.05, 3.63) is 29.6 Å². The van der Waals surface area contributed by atoms with Crippen LogP contribution in [0, 0.1) is 5.82 Å². The van der Waals surface area contributed by atoms with Crippen molar-refractivity contribution >= 4 is 0 Å². The fourth-order valence-corrected chi connectivity index (χ4v) is 2.91. The fourth-order valence-electron chi connectivity index (χ4n) is 2.91. The Hall–Kier alpha value is -1.13. The van der Waals surface area contributed by atoms with Crippen LogP contribution in [0.25, 0.3) is 0 Å². The van der Waals surface area contributed by atoms with Crippen LogP contribution in [0.1, 0.15) is 37.8 Å². The van der Waals surface area contributed by atoms with Crippen molar-refractivity contribution in [2.75, 3.05) is 27.2 Å². The molecule has 1 aliphatic rings. The lowest BCUT2D eigenvalue weighted by atomic mass is 10.0. The van der Waals surface area contributed by atoms with Crippen molar-refractivity contribution in [3.8, 4) is 5.75 Å². The summed E-state index contributed by atoms with van der Waals surface area (Å²) >= 11 is 0. The molecule has 0 spiro atoms. The molecule has 2 unspecified atom stereocenters. The van der Waals surface area contributed by atoms with E-state index in [9.17, 15) is 4.39 Å². The van der Waals surface area contributed by atoms with Gasteiger partial charge in [-0.1, -0.05) is 12.5 Å². The van der Waals surface area contributed by atoms with Crippen LogP contribution in [0.4, 0.5) is 4.39 Å². The van der Waals surface area contributed by atoms with E-state index in [2.05, 4.69) is 10.2 Å². The maximum atomic E-state index is 14.1. The van der Waals surface area contributed by atoms with Crippen LogP contribution in [0.5, 0.6) is 5.75 Å². The first-order valence-corrected chi connectivity index (χ1v) is 7.39. The Balaban J connectivity index is 2.07. The molecule has 0 aliphatic carbocycles. The molecule has 1 aromatic carbocycles. The number of nitrogens with one attached hydrogen (secondary N) is 1. The molecule has 20 heavy (non-hydrogen) atoms. The van der Waals surface area contributed by atoms with Crippen LogP contribution < -0.4 is 10.1 Å². The molecule has 3 nitrogen and oxygen atoms in total. The lowest BCUT2D eigenvalue weighted by Gasteiger charge is -2.32. The molecule has 0 aromatic heterocycles. The number of hydrogen-bond acceptors (Lipinski definition) is 3. The van der Waals surface area contributed by atoms with Crippen molar-refractivity contribution in [2.45, 2.75) is 38.3 Å². The summed E-state index contributed by atoms with van der Waals surface area (Å²) in [6, 6.07) is 5.51. The number of hydrogen-bond donors (Lipinski definition) is 1. The molecule has 112 valence electrons. The van der Waals surface area contributed by atoms with E-state index in [4.69, 9.17) is 4.74 Å². The predicted molar refractivity (Wildman–Crippen MR) is 79.6 cm³/mol. The molecule has 2 rings (SSSR count). The van der Waals surface area contributed by atoms with Crippen molar-refractivity contribution in [1.82, 2.24) is 10.2 Å². The van der Waals surface area contributed by atoms with E-state index >= 15 is 0 Å². The average Bonchev–Trinajstić information content (AvgIpc) is 2.47.